The molecule has 16 heavy (non-hydrogen) atoms. The lowest BCUT2D eigenvalue weighted by atomic mass is 10.00. The topological polar surface area (TPSA) is 23.5 Å². The summed E-state index contributed by atoms with van der Waals surface area (Å²) in [6.07, 6.45) is 3.60. The van der Waals surface area contributed by atoms with E-state index in [0.717, 1.165) is 13.0 Å². The molecule has 0 radical (unpaired) electrons. The van der Waals surface area contributed by atoms with Gasteiger partial charge in [-0.25, -0.2) is 0 Å². The quantitative estimate of drug-likeness (QED) is 0.826. The van der Waals surface area contributed by atoms with Gasteiger partial charge >= 0.3 is 0 Å². The molecule has 1 atom stereocenters. The summed E-state index contributed by atoms with van der Waals surface area (Å²) >= 11 is 0. The zero-order chi connectivity index (χ0) is 11.5. The van der Waals surface area contributed by atoms with E-state index < -0.39 is 0 Å². The third-order valence-electron chi connectivity index (χ3n) is 3.51. The lowest BCUT2D eigenvalue weighted by Gasteiger charge is -2.37. The molecule has 1 aromatic carbocycles. The second kappa shape index (κ2) is 4.88. The summed E-state index contributed by atoms with van der Waals surface area (Å²) in [6.45, 7) is 5.63. The number of piperidine rings is 1. The Morgan fingerprint density at radius 2 is 2.12 bits per heavy atom. The zero-order valence-corrected chi connectivity index (χ0v) is 10.2. The molecule has 0 aliphatic carbocycles. The normalized spacial score (nSPS) is 21.2. The van der Waals surface area contributed by atoms with Gasteiger partial charge in [-0.15, -0.1) is 0 Å². The van der Waals surface area contributed by atoms with Gasteiger partial charge in [0.25, 0.3) is 0 Å². The van der Waals surface area contributed by atoms with Crippen molar-refractivity contribution in [3.8, 4) is 0 Å². The summed E-state index contributed by atoms with van der Waals surface area (Å²) in [5.41, 5.74) is 3.91. The molecule has 0 aromatic heterocycles. The van der Waals surface area contributed by atoms with Crippen molar-refractivity contribution in [2.24, 2.45) is 0 Å². The first-order valence-electron chi connectivity index (χ1n) is 6.17. The van der Waals surface area contributed by atoms with Crippen LogP contribution in [0.2, 0.25) is 0 Å². The molecule has 0 amide bonds. The number of aliphatic hydroxyl groups is 1. The van der Waals surface area contributed by atoms with Crippen LogP contribution in [-0.4, -0.2) is 24.3 Å². The maximum atomic E-state index is 9.44. The molecule has 2 nitrogen and oxygen atoms in total. The summed E-state index contributed by atoms with van der Waals surface area (Å²) in [4.78, 5) is 2.38. The van der Waals surface area contributed by atoms with Crippen LogP contribution in [0.5, 0.6) is 0 Å². The van der Waals surface area contributed by atoms with Gasteiger partial charge in [0.05, 0.1) is 12.6 Å². The number of hydrogen-bond donors (Lipinski definition) is 1. The van der Waals surface area contributed by atoms with Crippen molar-refractivity contribution in [1.82, 2.24) is 0 Å². The summed E-state index contributed by atoms with van der Waals surface area (Å²) in [5.74, 6) is 0. The number of nitrogens with zero attached hydrogens (tertiary/aromatic N) is 1. The number of rotatable bonds is 2. The molecule has 1 aromatic rings. The summed E-state index contributed by atoms with van der Waals surface area (Å²) in [7, 11) is 0. The van der Waals surface area contributed by atoms with E-state index >= 15 is 0 Å². The minimum atomic E-state index is 0.271. The van der Waals surface area contributed by atoms with Crippen LogP contribution in [0.3, 0.4) is 0 Å². The Kier molecular flexibility index (Phi) is 3.49. The maximum absolute atomic E-state index is 9.44. The summed E-state index contributed by atoms with van der Waals surface area (Å²) in [5, 5.41) is 9.44. The molecular formula is C14H21NO. The van der Waals surface area contributed by atoms with Gasteiger partial charge in [-0.3, -0.25) is 0 Å². The highest BCUT2D eigenvalue weighted by Crippen LogP contribution is 2.28. The average Bonchev–Trinajstić information content (AvgIpc) is 2.32. The molecule has 0 bridgehead atoms. The van der Waals surface area contributed by atoms with Crippen molar-refractivity contribution in [1.29, 1.82) is 0 Å². The van der Waals surface area contributed by atoms with Gasteiger partial charge in [-0.1, -0.05) is 12.1 Å². The van der Waals surface area contributed by atoms with E-state index in [1.165, 1.54) is 29.7 Å². The Morgan fingerprint density at radius 1 is 1.31 bits per heavy atom. The average molecular weight is 219 g/mol. The molecule has 88 valence electrons. The minimum Gasteiger partial charge on any atom is -0.394 e. The van der Waals surface area contributed by atoms with Crippen molar-refractivity contribution in [3.63, 3.8) is 0 Å². The number of hydrogen-bond acceptors (Lipinski definition) is 2. The van der Waals surface area contributed by atoms with E-state index in [-0.39, 0.29) is 6.61 Å². The van der Waals surface area contributed by atoms with E-state index in [4.69, 9.17) is 0 Å². The van der Waals surface area contributed by atoms with Gasteiger partial charge in [0, 0.05) is 12.2 Å². The second-order valence-electron chi connectivity index (χ2n) is 4.82. The van der Waals surface area contributed by atoms with Gasteiger partial charge in [0.15, 0.2) is 0 Å². The van der Waals surface area contributed by atoms with Crippen molar-refractivity contribution in [2.75, 3.05) is 18.1 Å². The van der Waals surface area contributed by atoms with Gasteiger partial charge < -0.3 is 10.0 Å². The van der Waals surface area contributed by atoms with Crippen LogP contribution in [-0.2, 0) is 0 Å². The summed E-state index contributed by atoms with van der Waals surface area (Å²) in [6, 6.07) is 6.88. The Balaban J connectivity index is 2.30. The number of aryl methyl sites for hydroxylation is 2. The number of anilines is 1. The van der Waals surface area contributed by atoms with Crippen molar-refractivity contribution in [3.05, 3.63) is 29.3 Å². The van der Waals surface area contributed by atoms with Crippen LogP contribution in [0, 0.1) is 13.8 Å². The third kappa shape index (κ3) is 2.22. The predicted octanol–water partition coefficient (Wildman–Crippen LogP) is 2.65. The van der Waals surface area contributed by atoms with Crippen LogP contribution < -0.4 is 4.90 Å². The highest BCUT2D eigenvalue weighted by Gasteiger charge is 2.22. The maximum Gasteiger partial charge on any atom is 0.0635 e. The SMILES string of the molecule is Cc1ccc(C)c(N2CCCCC2CO)c1. The first-order valence-corrected chi connectivity index (χ1v) is 6.17. The number of aliphatic hydroxyl groups excluding tert-OH is 1. The third-order valence-corrected chi connectivity index (χ3v) is 3.51. The Morgan fingerprint density at radius 3 is 2.88 bits per heavy atom. The molecule has 1 heterocycles. The van der Waals surface area contributed by atoms with Crippen molar-refractivity contribution < 1.29 is 5.11 Å². The number of benzene rings is 1. The first-order chi connectivity index (χ1) is 7.72. The predicted molar refractivity (Wildman–Crippen MR) is 68.0 cm³/mol. The molecule has 1 fully saturated rings. The molecular weight excluding hydrogens is 198 g/mol. The molecule has 2 heteroatoms. The van der Waals surface area contributed by atoms with E-state index in [9.17, 15) is 5.11 Å². The Bertz CT molecular complexity index is 362. The molecule has 1 aliphatic heterocycles. The van der Waals surface area contributed by atoms with Gasteiger partial charge in [-0.05, 0) is 50.3 Å². The van der Waals surface area contributed by atoms with E-state index in [1.807, 2.05) is 0 Å². The van der Waals surface area contributed by atoms with E-state index in [1.54, 1.807) is 0 Å². The summed E-state index contributed by atoms with van der Waals surface area (Å²) < 4.78 is 0. The van der Waals surface area contributed by atoms with Gasteiger partial charge in [-0.2, -0.15) is 0 Å². The molecule has 1 unspecified atom stereocenters. The Labute approximate surface area is 97.9 Å². The van der Waals surface area contributed by atoms with Crippen molar-refractivity contribution in [2.45, 2.75) is 39.2 Å². The van der Waals surface area contributed by atoms with E-state index in [0.29, 0.717) is 6.04 Å². The Hall–Kier alpha value is -1.02. The molecule has 0 saturated carbocycles. The first kappa shape index (κ1) is 11.5. The fourth-order valence-corrected chi connectivity index (χ4v) is 2.54. The van der Waals surface area contributed by atoms with Crippen LogP contribution >= 0.6 is 0 Å². The zero-order valence-electron chi connectivity index (χ0n) is 10.2. The highest BCUT2D eigenvalue weighted by molar-refractivity contribution is 5.56. The van der Waals surface area contributed by atoms with Crippen LogP contribution in [0.25, 0.3) is 0 Å². The van der Waals surface area contributed by atoms with E-state index in [2.05, 4.69) is 36.9 Å². The smallest absolute Gasteiger partial charge is 0.0635 e. The second-order valence-corrected chi connectivity index (χ2v) is 4.82. The van der Waals surface area contributed by atoms with Crippen molar-refractivity contribution >= 4 is 5.69 Å². The fraction of sp³-hybridized carbons (Fsp3) is 0.571. The van der Waals surface area contributed by atoms with Crippen LogP contribution in [0.15, 0.2) is 18.2 Å². The molecule has 1 saturated heterocycles. The molecule has 2 rings (SSSR count). The fourth-order valence-electron chi connectivity index (χ4n) is 2.54. The van der Waals surface area contributed by atoms with Gasteiger partial charge in [0.1, 0.15) is 0 Å². The standard InChI is InChI=1S/C14H21NO/c1-11-6-7-12(2)14(9-11)15-8-4-3-5-13(15)10-16/h6-7,9,13,16H,3-5,8,10H2,1-2H3. The minimum absolute atomic E-state index is 0.271. The lowest BCUT2D eigenvalue weighted by Crippen LogP contribution is -2.42. The van der Waals surface area contributed by atoms with Gasteiger partial charge in [0.2, 0.25) is 0 Å². The lowest BCUT2D eigenvalue weighted by molar-refractivity contribution is 0.240. The molecule has 1 N–H and O–H groups in total. The highest BCUT2D eigenvalue weighted by atomic mass is 16.3. The molecule has 0 spiro atoms. The molecule has 1 aliphatic rings. The monoisotopic (exact) mass is 219 g/mol. The van der Waals surface area contributed by atoms with Crippen LogP contribution in [0.4, 0.5) is 5.69 Å². The largest absolute Gasteiger partial charge is 0.394 e. The van der Waals surface area contributed by atoms with Crippen LogP contribution in [0.1, 0.15) is 30.4 Å².